The van der Waals surface area contributed by atoms with Crippen molar-refractivity contribution in [2.24, 2.45) is 0 Å². The molecule has 0 saturated carbocycles. The molecule has 0 heterocycles. The zero-order valence-corrected chi connectivity index (χ0v) is 7.85. The summed E-state index contributed by atoms with van der Waals surface area (Å²) in [4.78, 5) is 0. The van der Waals surface area contributed by atoms with Crippen molar-refractivity contribution in [3.8, 4) is 0 Å². The highest BCUT2D eigenvalue weighted by atomic mass is 19.1. The van der Waals surface area contributed by atoms with Crippen LogP contribution in [0.15, 0.2) is 18.2 Å². The van der Waals surface area contributed by atoms with Gasteiger partial charge in [0, 0.05) is 0 Å². The van der Waals surface area contributed by atoms with Gasteiger partial charge in [-0.05, 0) is 49.4 Å². The average Bonchev–Trinajstić information content (AvgIpc) is 2.09. The third kappa shape index (κ3) is 3.15. The van der Waals surface area contributed by atoms with E-state index in [1.165, 1.54) is 12.1 Å². The first-order valence-electron chi connectivity index (χ1n) is 4.57. The summed E-state index contributed by atoms with van der Waals surface area (Å²) in [6, 6.07) is 4.81. The summed E-state index contributed by atoms with van der Waals surface area (Å²) in [5.41, 5.74) is 2.13. The quantitative estimate of drug-likeness (QED) is 0.636. The largest absolute Gasteiger partial charge is 0.237 e. The van der Waals surface area contributed by atoms with Gasteiger partial charge < -0.3 is 0 Å². The summed E-state index contributed by atoms with van der Waals surface area (Å²) in [6.45, 7) is 1.88. The minimum Gasteiger partial charge on any atom is -0.237 e. The van der Waals surface area contributed by atoms with Gasteiger partial charge in [0.1, 0.15) is 5.82 Å². The summed E-state index contributed by atoms with van der Waals surface area (Å²) in [5, 5.41) is 10.2. The Labute approximate surface area is 78.2 Å². The lowest BCUT2D eigenvalue weighted by Crippen LogP contribution is -1.92. The van der Waals surface area contributed by atoms with Gasteiger partial charge in [0.15, 0.2) is 0 Å². The highest BCUT2D eigenvalue weighted by Gasteiger charge is 1.99. The molecule has 0 aliphatic heterocycles. The van der Waals surface area contributed by atoms with E-state index < -0.39 is 0 Å². The Balaban J connectivity index is 2.56. The van der Waals surface area contributed by atoms with E-state index in [2.05, 4.69) is 0 Å². The molecule has 0 aromatic heterocycles. The molecule has 0 saturated heterocycles. The molecule has 1 aromatic carbocycles. The van der Waals surface area contributed by atoms with Crippen molar-refractivity contribution in [3.05, 3.63) is 35.1 Å². The van der Waals surface area contributed by atoms with E-state index in [-0.39, 0.29) is 12.4 Å². The molecule has 1 aromatic rings. The lowest BCUT2D eigenvalue weighted by molar-refractivity contribution is 0.187. The van der Waals surface area contributed by atoms with E-state index in [9.17, 15) is 9.50 Å². The molecular formula is C11H14FO. The number of halogens is 1. The Morgan fingerprint density at radius 3 is 2.69 bits per heavy atom. The van der Waals surface area contributed by atoms with Crippen molar-refractivity contribution in [2.75, 3.05) is 6.61 Å². The number of unbranched alkanes of at least 4 members (excludes halogenated alkanes) is 1. The van der Waals surface area contributed by atoms with Gasteiger partial charge in [-0.1, -0.05) is 6.07 Å². The molecule has 13 heavy (non-hydrogen) atoms. The van der Waals surface area contributed by atoms with Crippen LogP contribution in [0.4, 0.5) is 4.39 Å². The summed E-state index contributed by atoms with van der Waals surface area (Å²) >= 11 is 0. The minimum atomic E-state index is -0.190. The van der Waals surface area contributed by atoms with Crippen molar-refractivity contribution in [1.82, 2.24) is 0 Å². The second-order valence-electron chi connectivity index (χ2n) is 3.23. The van der Waals surface area contributed by atoms with E-state index in [1.807, 2.05) is 6.92 Å². The molecule has 0 bridgehead atoms. The fourth-order valence-corrected chi connectivity index (χ4v) is 1.36. The predicted molar refractivity (Wildman–Crippen MR) is 49.6 cm³/mol. The van der Waals surface area contributed by atoms with E-state index in [4.69, 9.17) is 0 Å². The van der Waals surface area contributed by atoms with Gasteiger partial charge in [-0.2, -0.15) is 0 Å². The number of hydrogen-bond acceptors (Lipinski definition) is 0. The van der Waals surface area contributed by atoms with Crippen LogP contribution in [0.5, 0.6) is 0 Å². The fraction of sp³-hybridized carbons (Fsp3) is 0.455. The summed E-state index contributed by atoms with van der Waals surface area (Å²) in [5.74, 6) is -0.190. The monoisotopic (exact) mass is 181 g/mol. The first kappa shape index (κ1) is 10.2. The molecule has 0 aliphatic carbocycles. The van der Waals surface area contributed by atoms with E-state index in [0.717, 1.165) is 24.0 Å². The van der Waals surface area contributed by atoms with E-state index >= 15 is 0 Å². The fourth-order valence-electron chi connectivity index (χ4n) is 1.36. The lowest BCUT2D eigenvalue weighted by atomic mass is 10.0. The Morgan fingerprint density at radius 1 is 1.31 bits per heavy atom. The van der Waals surface area contributed by atoms with Crippen molar-refractivity contribution < 1.29 is 9.50 Å². The zero-order chi connectivity index (χ0) is 9.68. The molecule has 2 heteroatoms. The number of aryl methyl sites for hydroxylation is 2. The molecular weight excluding hydrogens is 167 g/mol. The van der Waals surface area contributed by atoms with Crippen molar-refractivity contribution in [3.63, 3.8) is 0 Å². The van der Waals surface area contributed by atoms with Crippen LogP contribution in [0, 0.1) is 12.7 Å². The Morgan fingerprint density at radius 2 is 2.08 bits per heavy atom. The molecule has 0 spiro atoms. The molecule has 1 rings (SSSR count). The normalized spacial score (nSPS) is 10.4. The first-order chi connectivity index (χ1) is 6.24. The number of rotatable bonds is 4. The third-order valence-electron chi connectivity index (χ3n) is 2.15. The standard InChI is InChI=1S/C11H14FO/c1-9-8-11(12)6-5-10(9)4-2-3-7-13/h5-6,8H,2-4,7H2,1H3. The Bertz CT molecular complexity index is 271. The molecule has 0 amide bonds. The van der Waals surface area contributed by atoms with Crippen LogP contribution in [0.1, 0.15) is 24.0 Å². The predicted octanol–water partition coefficient (Wildman–Crippen LogP) is 2.89. The Hall–Kier alpha value is -0.890. The first-order valence-corrected chi connectivity index (χ1v) is 4.57. The van der Waals surface area contributed by atoms with Gasteiger partial charge in [-0.3, -0.25) is 0 Å². The second-order valence-corrected chi connectivity index (χ2v) is 3.23. The maximum Gasteiger partial charge on any atom is 0.123 e. The van der Waals surface area contributed by atoms with Crippen LogP contribution in [-0.4, -0.2) is 6.61 Å². The van der Waals surface area contributed by atoms with Crippen LogP contribution in [0.25, 0.3) is 0 Å². The van der Waals surface area contributed by atoms with Gasteiger partial charge in [0.05, 0.1) is 6.61 Å². The van der Waals surface area contributed by atoms with Gasteiger partial charge >= 0.3 is 0 Å². The molecule has 0 fully saturated rings. The SMILES string of the molecule is Cc1cc(F)ccc1CCCC[O]. The van der Waals surface area contributed by atoms with Crippen LogP contribution >= 0.6 is 0 Å². The van der Waals surface area contributed by atoms with Gasteiger partial charge in [-0.25, -0.2) is 9.50 Å². The van der Waals surface area contributed by atoms with Crippen molar-refractivity contribution in [2.45, 2.75) is 26.2 Å². The second kappa shape index (κ2) is 4.97. The number of hydrogen-bond donors (Lipinski definition) is 0. The smallest absolute Gasteiger partial charge is 0.123 e. The molecule has 1 nitrogen and oxygen atoms in total. The molecule has 0 N–H and O–H groups in total. The molecule has 71 valence electrons. The lowest BCUT2D eigenvalue weighted by Gasteiger charge is -2.04. The maximum absolute atomic E-state index is 12.7. The third-order valence-corrected chi connectivity index (χ3v) is 2.15. The molecule has 0 aliphatic rings. The van der Waals surface area contributed by atoms with Crippen LogP contribution in [0.2, 0.25) is 0 Å². The zero-order valence-electron chi connectivity index (χ0n) is 7.85. The Kier molecular flexibility index (Phi) is 3.90. The van der Waals surface area contributed by atoms with E-state index in [0.29, 0.717) is 6.42 Å². The molecule has 0 atom stereocenters. The van der Waals surface area contributed by atoms with Crippen LogP contribution in [-0.2, 0) is 11.5 Å². The summed E-state index contributed by atoms with van der Waals surface area (Å²) in [6.07, 6.45) is 2.49. The molecule has 1 radical (unpaired) electrons. The average molecular weight is 181 g/mol. The van der Waals surface area contributed by atoms with Gasteiger partial charge in [-0.15, -0.1) is 0 Å². The summed E-state index contributed by atoms with van der Waals surface area (Å²) < 4.78 is 12.7. The van der Waals surface area contributed by atoms with Crippen LogP contribution < -0.4 is 0 Å². The van der Waals surface area contributed by atoms with Crippen molar-refractivity contribution in [1.29, 1.82) is 0 Å². The van der Waals surface area contributed by atoms with Gasteiger partial charge in [0.2, 0.25) is 0 Å². The maximum atomic E-state index is 12.7. The highest BCUT2D eigenvalue weighted by molar-refractivity contribution is 5.26. The van der Waals surface area contributed by atoms with Crippen LogP contribution in [0.3, 0.4) is 0 Å². The molecule has 0 unspecified atom stereocenters. The minimum absolute atomic E-state index is 0.0136. The van der Waals surface area contributed by atoms with Gasteiger partial charge in [0.25, 0.3) is 0 Å². The topological polar surface area (TPSA) is 19.9 Å². The highest BCUT2D eigenvalue weighted by Crippen LogP contribution is 2.12. The van der Waals surface area contributed by atoms with E-state index in [1.54, 1.807) is 6.07 Å². The van der Waals surface area contributed by atoms with Crippen molar-refractivity contribution >= 4 is 0 Å². The number of benzene rings is 1. The summed E-state index contributed by atoms with van der Waals surface area (Å²) in [7, 11) is 0.